The molecule has 0 bridgehead atoms. The van der Waals surface area contributed by atoms with Gasteiger partial charge in [-0.3, -0.25) is 10.1 Å². The number of nitrogens with zero attached hydrogens (tertiary/aromatic N) is 1. The summed E-state index contributed by atoms with van der Waals surface area (Å²) in [7, 11) is 0. The highest BCUT2D eigenvalue weighted by molar-refractivity contribution is 6.30. The van der Waals surface area contributed by atoms with Crippen molar-refractivity contribution in [2.24, 2.45) is 0 Å². The second kappa shape index (κ2) is 6.39. The van der Waals surface area contributed by atoms with Gasteiger partial charge in [0.05, 0.1) is 4.92 Å². The first-order valence-electron chi connectivity index (χ1n) is 6.30. The maximum atomic E-state index is 10.6. The van der Waals surface area contributed by atoms with Gasteiger partial charge in [0.2, 0.25) is 0 Å². The fourth-order valence-electron chi connectivity index (χ4n) is 1.99. The fraction of sp³-hybridized carbons (Fsp3) is 0.200. The molecule has 0 saturated heterocycles. The van der Waals surface area contributed by atoms with E-state index in [0.29, 0.717) is 0 Å². The number of rotatable bonds is 5. The number of nitrogens with one attached hydrogen (secondary N) is 1. The van der Waals surface area contributed by atoms with E-state index in [9.17, 15) is 10.1 Å². The Morgan fingerprint density at radius 3 is 2.30 bits per heavy atom. The summed E-state index contributed by atoms with van der Waals surface area (Å²) in [6, 6.07) is 14.4. The minimum absolute atomic E-state index is 0.0981. The van der Waals surface area contributed by atoms with Crippen molar-refractivity contribution in [1.82, 2.24) is 0 Å². The van der Waals surface area contributed by atoms with Crippen molar-refractivity contribution in [3.8, 4) is 0 Å². The summed E-state index contributed by atoms with van der Waals surface area (Å²) in [5.41, 5.74) is 2.16. The van der Waals surface area contributed by atoms with Crippen LogP contribution < -0.4 is 5.32 Å². The smallest absolute Gasteiger partial charge is 0.269 e. The first-order chi connectivity index (χ1) is 9.54. The summed E-state index contributed by atoms with van der Waals surface area (Å²) in [6.45, 7) is 2.07. The molecule has 0 aliphatic rings. The van der Waals surface area contributed by atoms with Crippen LogP contribution in [0.15, 0.2) is 48.5 Å². The van der Waals surface area contributed by atoms with Crippen molar-refractivity contribution >= 4 is 23.0 Å². The zero-order valence-electron chi connectivity index (χ0n) is 11.0. The first kappa shape index (κ1) is 14.3. The largest absolute Gasteiger partial charge is 0.382 e. The van der Waals surface area contributed by atoms with E-state index in [0.717, 1.165) is 17.1 Å². The SMILES string of the molecule is CC(Cc1ccc(Cl)cc1)Nc1ccc([N+](=O)[O-])cc1. The molecule has 0 spiro atoms. The van der Waals surface area contributed by atoms with Gasteiger partial charge >= 0.3 is 0 Å². The van der Waals surface area contributed by atoms with Gasteiger partial charge in [0, 0.05) is 28.9 Å². The average molecular weight is 291 g/mol. The average Bonchev–Trinajstić information content (AvgIpc) is 2.42. The second-order valence-corrected chi connectivity index (χ2v) is 5.12. The van der Waals surface area contributed by atoms with Crippen LogP contribution >= 0.6 is 11.6 Å². The summed E-state index contributed by atoms with van der Waals surface area (Å²) >= 11 is 5.85. The van der Waals surface area contributed by atoms with Crippen LogP contribution in [0.25, 0.3) is 0 Å². The molecule has 2 aromatic rings. The maximum absolute atomic E-state index is 10.6. The Morgan fingerprint density at radius 1 is 1.15 bits per heavy atom. The van der Waals surface area contributed by atoms with Crippen molar-refractivity contribution < 1.29 is 4.92 Å². The molecule has 20 heavy (non-hydrogen) atoms. The third-order valence-corrected chi connectivity index (χ3v) is 3.20. The maximum Gasteiger partial charge on any atom is 0.269 e. The number of anilines is 1. The number of hydrogen-bond acceptors (Lipinski definition) is 3. The third kappa shape index (κ3) is 3.96. The summed E-state index contributed by atoms with van der Waals surface area (Å²) in [6.07, 6.45) is 0.855. The molecule has 0 saturated carbocycles. The molecule has 2 aromatic carbocycles. The minimum Gasteiger partial charge on any atom is -0.382 e. The van der Waals surface area contributed by atoms with Crippen molar-refractivity contribution in [2.45, 2.75) is 19.4 Å². The number of benzene rings is 2. The number of non-ortho nitro benzene ring substituents is 1. The third-order valence-electron chi connectivity index (χ3n) is 2.95. The molecule has 5 heteroatoms. The van der Waals surface area contributed by atoms with Crippen LogP contribution in [0.2, 0.25) is 5.02 Å². The topological polar surface area (TPSA) is 55.2 Å². The van der Waals surface area contributed by atoms with Gasteiger partial charge in [-0.25, -0.2) is 0 Å². The fourth-order valence-corrected chi connectivity index (χ4v) is 2.11. The van der Waals surface area contributed by atoms with Gasteiger partial charge in [-0.15, -0.1) is 0 Å². The van der Waals surface area contributed by atoms with Crippen LogP contribution in [0.1, 0.15) is 12.5 Å². The Hall–Kier alpha value is -2.07. The van der Waals surface area contributed by atoms with Gasteiger partial charge in [-0.2, -0.15) is 0 Å². The summed E-state index contributed by atoms with van der Waals surface area (Å²) < 4.78 is 0. The molecular formula is C15H15ClN2O2. The lowest BCUT2D eigenvalue weighted by Crippen LogP contribution is -2.17. The molecule has 1 atom stereocenters. The molecule has 4 nitrogen and oxygen atoms in total. The van der Waals surface area contributed by atoms with Crippen LogP contribution in [0.4, 0.5) is 11.4 Å². The predicted octanol–water partition coefficient (Wildman–Crippen LogP) is 4.29. The molecule has 0 amide bonds. The summed E-state index contributed by atoms with van der Waals surface area (Å²) in [4.78, 5) is 10.2. The quantitative estimate of drug-likeness (QED) is 0.660. The molecule has 2 rings (SSSR count). The second-order valence-electron chi connectivity index (χ2n) is 4.68. The van der Waals surface area contributed by atoms with Crippen molar-refractivity contribution in [3.05, 3.63) is 69.2 Å². The van der Waals surface area contributed by atoms with Gasteiger partial charge < -0.3 is 5.32 Å². The Labute approximate surface area is 122 Å². The monoisotopic (exact) mass is 290 g/mol. The number of halogens is 1. The van der Waals surface area contributed by atoms with E-state index in [1.54, 1.807) is 12.1 Å². The van der Waals surface area contributed by atoms with Gasteiger partial charge in [-0.05, 0) is 43.2 Å². The molecule has 0 aliphatic heterocycles. The van der Waals surface area contributed by atoms with E-state index in [1.165, 1.54) is 17.7 Å². The van der Waals surface area contributed by atoms with Crippen LogP contribution in [-0.2, 0) is 6.42 Å². The van der Waals surface area contributed by atoms with Crippen LogP contribution in [0.5, 0.6) is 0 Å². The predicted molar refractivity (Wildman–Crippen MR) is 81.3 cm³/mol. The summed E-state index contributed by atoms with van der Waals surface area (Å²) in [5, 5.41) is 14.6. The molecule has 0 aromatic heterocycles. The zero-order valence-corrected chi connectivity index (χ0v) is 11.8. The molecule has 0 radical (unpaired) electrons. The minimum atomic E-state index is -0.402. The van der Waals surface area contributed by atoms with E-state index in [4.69, 9.17) is 11.6 Å². The number of hydrogen-bond donors (Lipinski definition) is 1. The zero-order chi connectivity index (χ0) is 14.5. The van der Waals surface area contributed by atoms with Crippen LogP contribution in [-0.4, -0.2) is 11.0 Å². The first-order valence-corrected chi connectivity index (χ1v) is 6.68. The van der Waals surface area contributed by atoms with Crippen molar-refractivity contribution in [1.29, 1.82) is 0 Å². The molecule has 0 aliphatic carbocycles. The molecule has 0 heterocycles. The molecular weight excluding hydrogens is 276 g/mol. The van der Waals surface area contributed by atoms with E-state index in [-0.39, 0.29) is 11.7 Å². The van der Waals surface area contributed by atoms with E-state index >= 15 is 0 Å². The lowest BCUT2D eigenvalue weighted by molar-refractivity contribution is -0.384. The molecule has 1 N–H and O–H groups in total. The molecule has 104 valence electrons. The van der Waals surface area contributed by atoms with Crippen LogP contribution in [0, 0.1) is 10.1 Å². The van der Waals surface area contributed by atoms with Gasteiger partial charge in [0.1, 0.15) is 0 Å². The Bertz CT molecular complexity index is 582. The van der Waals surface area contributed by atoms with Crippen LogP contribution in [0.3, 0.4) is 0 Å². The molecule has 0 fully saturated rings. The number of nitro groups is 1. The van der Waals surface area contributed by atoms with E-state index in [1.807, 2.05) is 24.3 Å². The normalized spacial score (nSPS) is 11.9. The van der Waals surface area contributed by atoms with Gasteiger partial charge in [0.15, 0.2) is 0 Å². The van der Waals surface area contributed by atoms with E-state index < -0.39 is 4.92 Å². The van der Waals surface area contributed by atoms with E-state index in [2.05, 4.69) is 12.2 Å². The Morgan fingerprint density at radius 2 is 1.75 bits per heavy atom. The van der Waals surface area contributed by atoms with Gasteiger partial charge in [-0.1, -0.05) is 23.7 Å². The lowest BCUT2D eigenvalue weighted by Gasteiger charge is -2.15. The van der Waals surface area contributed by atoms with Gasteiger partial charge in [0.25, 0.3) is 5.69 Å². The lowest BCUT2D eigenvalue weighted by atomic mass is 10.1. The highest BCUT2D eigenvalue weighted by atomic mass is 35.5. The van der Waals surface area contributed by atoms with Crippen molar-refractivity contribution in [2.75, 3.05) is 5.32 Å². The Balaban J connectivity index is 1.95. The molecule has 1 unspecified atom stereocenters. The van der Waals surface area contributed by atoms with Crippen molar-refractivity contribution in [3.63, 3.8) is 0 Å². The number of nitro benzene ring substituents is 1. The summed E-state index contributed by atoms with van der Waals surface area (Å²) in [5.74, 6) is 0. The highest BCUT2D eigenvalue weighted by Gasteiger charge is 2.07. The highest BCUT2D eigenvalue weighted by Crippen LogP contribution is 2.17. The Kier molecular flexibility index (Phi) is 4.58. The standard InChI is InChI=1S/C15H15ClN2O2/c1-11(10-12-2-4-13(16)5-3-12)17-14-6-8-15(9-7-14)18(19)20/h2-9,11,17H,10H2,1H3.